The number of halogens is 3. The van der Waals surface area contributed by atoms with Gasteiger partial charge < -0.3 is 29.9 Å². The standard InChI is InChI=1S/C18H21F3N2O6S/c1-30-10-4-2-9(3-5-10)6-11-14(18(19,20)21)22-23-16(11)29-17(27)8-28-12(7-24)13(25)15(17)26/h2-5,12-13,15,24-27H,6-8H2,1H3,(H,22,23). The van der Waals surface area contributed by atoms with Gasteiger partial charge in [-0.3, -0.25) is 5.10 Å². The van der Waals surface area contributed by atoms with Crippen LogP contribution in [-0.2, 0) is 17.3 Å². The van der Waals surface area contributed by atoms with Crippen LogP contribution in [0.15, 0.2) is 29.2 Å². The first-order valence-corrected chi connectivity index (χ1v) is 10.1. The number of aromatic nitrogens is 2. The Balaban J connectivity index is 1.92. The molecule has 4 atom stereocenters. The van der Waals surface area contributed by atoms with Crippen LogP contribution in [0, 0.1) is 0 Å². The molecule has 1 aliphatic rings. The second-order valence-electron chi connectivity index (χ2n) is 6.82. The maximum absolute atomic E-state index is 13.5. The maximum Gasteiger partial charge on any atom is 0.433 e. The van der Waals surface area contributed by atoms with Crippen molar-refractivity contribution in [3.8, 4) is 5.88 Å². The van der Waals surface area contributed by atoms with Gasteiger partial charge in [-0.1, -0.05) is 12.1 Å². The third kappa shape index (κ3) is 4.58. The van der Waals surface area contributed by atoms with E-state index in [0.29, 0.717) is 5.56 Å². The van der Waals surface area contributed by atoms with Crippen LogP contribution in [0.25, 0.3) is 0 Å². The van der Waals surface area contributed by atoms with Crippen molar-refractivity contribution >= 4 is 11.8 Å². The topological polar surface area (TPSA) is 128 Å². The number of nitrogens with zero attached hydrogens (tertiary/aromatic N) is 1. The fourth-order valence-electron chi connectivity index (χ4n) is 3.08. The zero-order valence-electron chi connectivity index (χ0n) is 15.8. The summed E-state index contributed by atoms with van der Waals surface area (Å²) >= 11 is 1.48. The summed E-state index contributed by atoms with van der Waals surface area (Å²) in [6.45, 7) is -1.33. The van der Waals surface area contributed by atoms with Crippen LogP contribution in [0.2, 0.25) is 0 Å². The van der Waals surface area contributed by atoms with Crippen LogP contribution in [-0.4, -0.2) is 74.2 Å². The minimum absolute atomic E-state index is 0.218. The van der Waals surface area contributed by atoms with Crippen molar-refractivity contribution in [2.45, 2.75) is 41.6 Å². The van der Waals surface area contributed by atoms with Crippen LogP contribution < -0.4 is 4.74 Å². The molecule has 4 unspecified atom stereocenters. The number of thioether (sulfide) groups is 1. The normalized spacial score (nSPS) is 27.3. The van der Waals surface area contributed by atoms with E-state index < -0.39 is 55.1 Å². The van der Waals surface area contributed by atoms with Crippen LogP contribution >= 0.6 is 11.8 Å². The highest BCUT2D eigenvalue weighted by Gasteiger charge is 2.51. The first kappa shape index (κ1) is 22.8. The van der Waals surface area contributed by atoms with E-state index in [2.05, 4.69) is 5.10 Å². The Morgan fingerprint density at radius 2 is 1.97 bits per heavy atom. The number of aromatic amines is 1. The third-order valence-electron chi connectivity index (χ3n) is 4.78. The summed E-state index contributed by atoms with van der Waals surface area (Å²) in [5.74, 6) is -3.16. The Kier molecular flexibility index (Phi) is 6.65. The fourth-order valence-corrected chi connectivity index (χ4v) is 3.49. The number of alkyl halides is 3. The third-order valence-corrected chi connectivity index (χ3v) is 5.52. The lowest BCUT2D eigenvalue weighted by atomic mass is 9.97. The molecular formula is C18H21F3N2O6S. The molecule has 0 saturated carbocycles. The molecular weight excluding hydrogens is 429 g/mol. The van der Waals surface area contributed by atoms with Crippen molar-refractivity contribution in [2.24, 2.45) is 0 Å². The van der Waals surface area contributed by atoms with Gasteiger partial charge >= 0.3 is 6.18 Å². The smallest absolute Gasteiger partial charge is 0.433 e. The van der Waals surface area contributed by atoms with Crippen molar-refractivity contribution in [3.05, 3.63) is 41.1 Å². The van der Waals surface area contributed by atoms with Gasteiger partial charge in [0.25, 0.3) is 5.79 Å². The van der Waals surface area contributed by atoms with Crippen LogP contribution in [0.4, 0.5) is 13.2 Å². The van der Waals surface area contributed by atoms with Crippen molar-refractivity contribution in [1.29, 1.82) is 0 Å². The van der Waals surface area contributed by atoms with Gasteiger partial charge in [0.1, 0.15) is 30.6 Å². The van der Waals surface area contributed by atoms with E-state index in [0.717, 1.165) is 4.90 Å². The summed E-state index contributed by atoms with van der Waals surface area (Å²) in [5.41, 5.74) is -0.994. The fraction of sp³-hybridized carbons (Fsp3) is 0.500. The first-order valence-electron chi connectivity index (χ1n) is 8.86. The highest BCUT2D eigenvalue weighted by Crippen LogP contribution is 2.37. The van der Waals surface area contributed by atoms with Crippen molar-refractivity contribution in [2.75, 3.05) is 19.5 Å². The van der Waals surface area contributed by atoms with Crippen LogP contribution in [0.5, 0.6) is 5.88 Å². The van der Waals surface area contributed by atoms with E-state index in [4.69, 9.17) is 14.6 Å². The molecule has 1 aliphatic heterocycles. The maximum atomic E-state index is 13.5. The van der Waals surface area contributed by atoms with Gasteiger partial charge in [0.15, 0.2) is 0 Å². The highest BCUT2D eigenvalue weighted by atomic mass is 32.2. The quantitative estimate of drug-likeness (QED) is 0.325. The number of ether oxygens (including phenoxy) is 2. The Bertz CT molecular complexity index is 863. The zero-order chi connectivity index (χ0) is 22.1. The summed E-state index contributed by atoms with van der Waals surface area (Å²) in [6.07, 6.45) is -7.98. The average Bonchev–Trinajstić information content (AvgIpc) is 3.09. The molecule has 30 heavy (non-hydrogen) atoms. The van der Waals surface area contributed by atoms with Crippen LogP contribution in [0.1, 0.15) is 16.8 Å². The molecule has 2 heterocycles. The summed E-state index contributed by atoms with van der Waals surface area (Å²) in [5, 5.41) is 45.2. The number of H-pyrrole nitrogens is 1. The Morgan fingerprint density at radius 1 is 1.30 bits per heavy atom. The van der Waals surface area contributed by atoms with Gasteiger partial charge in [-0.2, -0.15) is 13.2 Å². The van der Waals surface area contributed by atoms with Crippen molar-refractivity contribution in [1.82, 2.24) is 10.2 Å². The predicted octanol–water partition coefficient (Wildman–Crippen LogP) is 0.921. The lowest BCUT2D eigenvalue weighted by Crippen LogP contribution is -2.64. The summed E-state index contributed by atoms with van der Waals surface area (Å²) in [7, 11) is 0. The number of hydrogen-bond acceptors (Lipinski definition) is 8. The molecule has 1 fully saturated rings. The second kappa shape index (κ2) is 8.73. The van der Waals surface area contributed by atoms with E-state index >= 15 is 0 Å². The molecule has 1 aromatic carbocycles. The number of nitrogens with one attached hydrogen (secondary N) is 1. The molecule has 12 heteroatoms. The molecule has 0 aliphatic carbocycles. The minimum Gasteiger partial charge on any atom is -0.438 e. The number of aliphatic hydroxyl groups excluding tert-OH is 3. The predicted molar refractivity (Wildman–Crippen MR) is 99.0 cm³/mol. The minimum atomic E-state index is -4.77. The SMILES string of the molecule is CSc1ccc(Cc2c(OC3(O)COC(CO)C(O)C3O)n[nH]c2C(F)(F)F)cc1. The lowest BCUT2D eigenvalue weighted by molar-refractivity contribution is -0.308. The molecule has 1 saturated heterocycles. The summed E-state index contributed by atoms with van der Waals surface area (Å²) in [4.78, 5) is 0.933. The molecule has 5 N–H and O–H groups in total. The van der Waals surface area contributed by atoms with Gasteiger partial charge in [0.2, 0.25) is 5.88 Å². The Hall–Kier alpha value is -1.83. The molecule has 0 radical (unpaired) electrons. The number of aliphatic hydroxyl groups is 4. The molecule has 3 rings (SSSR count). The van der Waals surface area contributed by atoms with E-state index in [9.17, 15) is 28.5 Å². The Labute approximate surface area is 173 Å². The second-order valence-corrected chi connectivity index (χ2v) is 7.70. The lowest BCUT2D eigenvalue weighted by Gasteiger charge is -2.41. The van der Waals surface area contributed by atoms with Gasteiger partial charge in [-0.05, 0) is 24.0 Å². The van der Waals surface area contributed by atoms with E-state index in [1.807, 2.05) is 11.4 Å². The van der Waals surface area contributed by atoms with Crippen LogP contribution in [0.3, 0.4) is 0 Å². The average molecular weight is 450 g/mol. The van der Waals surface area contributed by atoms with Gasteiger partial charge in [0.05, 0.1) is 12.2 Å². The molecule has 0 spiro atoms. The summed E-state index contributed by atoms with van der Waals surface area (Å²) < 4.78 is 50.7. The van der Waals surface area contributed by atoms with Gasteiger partial charge in [-0.25, -0.2) is 0 Å². The Morgan fingerprint density at radius 3 is 2.53 bits per heavy atom. The summed E-state index contributed by atoms with van der Waals surface area (Å²) in [6, 6.07) is 6.83. The molecule has 0 amide bonds. The molecule has 0 bridgehead atoms. The van der Waals surface area contributed by atoms with Crippen molar-refractivity contribution < 1.29 is 43.1 Å². The van der Waals surface area contributed by atoms with Crippen molar-refractivity contribution in [3.63, 3.8) is 0 Å². The number of rotatable bonds is 6. The van der Waals surface area contributed by atoms with Gasteiger partial charge in [0, 0.05) is 11.3 Å². The van der Waals surface area contributed by atoms with E-state index in [1.165, 1.54) is 11.8 Å². The van der Waals surface area contributed by atoms with E-state index in [1.54, 1.807) is 24.3 Å². The molecule has 2 aromatic rings. The molecule has 8 nitrogen and oxygen atoms in total. The van der Waals surface area contributed by atoms with E-state index in [-0.39, 0.29) is 12.0 Å². The molecule has 1 aromatic heterocycles. The van der Waals surface area contributed by atoms with Gasteiger partial charge in [-0.15, -0.1) is 16.9 Å². The molecule has 166 valence electrons. The largest absolute Gasteiger partial charge is 0.438 e. The zero-order valence-corrected chi connectivity index (χ0v) is 16.6. The number of benzene rings is 1. The monoisotopic (exact) mass is 450 g/mol. The highest BCUT2D eigenvalue weighted by molar-refractivity contribution is 7.98. The number of hydrogen-bond donors (Lipinski definition) is 5. The first-order chi connectivity index (χ1) is 14.1.